The molecule has 136 valence electrons. The van der Waals surface area contributed by atoms with Gasteiger partial charge in [0.2, 0.25) is 5.95 Å². The molecule has 0 aromatic carbocycles. The fourth-order valence-electron chi connectivity index (χ4n) is 2.84. The summed E-state index contributed by atoms with van der Waals surface area (Å²) < 4.78 is 8.37. The second-order valence-electron chi connectivity index (χ2n) is 5.93. The molecular weight excluding hydrogens is 342 g/mol. The largest absolute Gasteiger partial charge is 0.478 e. The Morgan fingerprint density at radius 2 is 2.12 bits per heavy atom. The Kier molecular flexibility index (Phi) is 4.22. The van der Waals surface area contributed by atoms with Gasteiger partial charge >= 0.3 is 5.97 Å². The summed E-state index contributed by atoms with van der Waals surface area (Å²) in [5, 5.41) is 12.9. The number of aromatic amines is 1. The summed E-state index contributed by atoms with van der Waals surface area (Å²) in [6, 6.07) is 0. The number of hydrogen-bond acceptors (Lipinski definition) is 7. The minimum atomic E-state index is -1.10. The van der Waals surface area contributed by atoms with E-state index in [0.29, 0.717) is 12.2 Å². The van der Waals surface area contributed by atoms with Gasteiger partial charge < -0.3 is 14.4 Å². The molecule has 3 aromatic heterocycles. The Bertz CT molecular complexity index is 999. The quantitative estimate of drug-likeness (QED) is 0.613. The van der Waals surface area contributed by atoms with Crippen LogP contribution in [0.15, 0.2) is 23.5 Å². The van der Waals surface area contributed by atoms with Gasteiger partial charge in [0.15, 0.2) is 11.2 Å². The average Bonchev–Trinajstić information content (AvgIpc) is 3.28. The zero-order valence-electron chi connectivity index (χ0n) is 13.8. The van der Waals surface area contributed by atoms with Crippen LogP contribution >= 0.6 is 0 Å². The first-order valence-corrected chi connectivity index (χ1v) is 8.15. The van der Waals surface area contributed by atoms with Crippen molar-refractivity contribution in [3.8, 4) is 5.95 Å². The van der Waals surface area contributed by atoms with Crippen LogP contribution in [0.1, 0.15) is 10.4 Å². The highest BCUT2D eigenvalue weighted by molar-refractivity contribution is 5.86. The highest BCUT2D eigenvalue weighted by Crippen LogP contribution is 2.09. The van der Waals surface area contributed by atoms with Gasteiger partial charge in [-0.25, -0.2) is 14.5 Å². The zero-order valence-corrected chi connectivity index (χ0v) is 13.8. The van der Waals surface area contributed by atoms with Crippen molar-refractivity contribution in [1.82, 2.24) is 34.2 Å². The Morgan fingerprint density at radius 1 is 1.31 bits per heavy atom. The number of morpholine rings is 1. The molecule has 0 bridgehead atoms. The number of fused-ring (bicyclic) bond motifs is 1. The second-order valence-corrected chi connectivity index (χ2v) is 5.93. The van der Waals surface area contributed by atoms with Crippen molar-refractivity contribution >= 4 is 17.1 Å². The van der Waals surface area contributed by atoms with E-state index in [1.165, 1.54) is 17.1 Å². The Balaban J connectivity index is 1.63. The van der Waals surface area contributed by atoms with Crippen LogP contribution in [0.4, 0.5) is 0 Å². The third-order valence-corrected chi connectivity index (χ3v) is 4.27. The van der Waals surface area contributed by atoms with Crippen LogP contribution in [-0.2, 0) is 11.3 Å². The molecule has 1 aliphatic rings. The number of aromatic nitrogens is 6. The molecule has 4 rings (SSSR count). The molecule has 11 heteroatoms. The Labute approximate surface area is 146 Å². The topological polar surface area (TPSA) is 131 Å². The first kappa shape index (κ1) is 16.4. The van der Waals surface area contributed by atoms with Crippen LogP contribution in [0.2, 0.25) is 0 Å². The lowest BCUT2D eigenvalue weighted by Gasteiger charge is -2.26. The van der Waals surface area contributed by atoms with Crippen LogP contribution < -0.4 is 5.56 Å². The van der Waals surface area contributed by atoms with E-state index in [-0.39, 0.29) is 17.0 Å². The zero-order chi connectivity index (χ0) is 18.1. The van der Waals surface area contributed by atoms with Gasteiger partial charge in [-0.15, -0.1) is 0 Å². The average molecular weight is 359 g/mol. The summed E-state index contributed by atoms with van der Waals surface area (Å²) >= 11 is 0. The number of carbonyl (C=O) groups is 1. The maximum absolute atomic E-state index is 12.3. The number of H-pyrrole nitrogens is 1. The van der Waals surface area contributed by atoms with Gasteiger partial charge in [0.25, 0.3) is 5.56 Å². The van der Waals surface area contributed by atoms with Gasteiger partial charge in [-0.2, -0.15) is 10.1 Å². The Morgan fingerprint density at radius 3 is 2.85 bits per heavy atom. The lowest BCUT2D eigenvalue weighted by Crippen LogP contribution is -2.38. The smallest absolute Gasteiger partial charge is 0.338 e. The second kappa shape index (κ2) is 6.69. The lowest BCUT2D eigenvalue weighted by molar-refractivity contribution is 0.0365. The van der Waals surface area contributed by atoms with Gasteiger partial charge in [-0.05, 0) is 0 Å². The van der Waals surface area contributed by atoms with Crippen molar-refractivity contribution in [2.24, 2.45) is 0 Å². The molecular formula is C15H17N7O4. The molecule has 11 nitrogen and oxygen atoms in total. The molecule has 26 heavy (non-hydrogen) atoms. The van der Waals surface area contributed by atoms with Crippen LogP contribution in [-0.4, -0.2) is 78.1 Å². The lowest BCUT2D eigenvalue weighted by atomic mass is 10.4. The summed E-state index contributed by atoms with van der Waals surface area (Å²) in [6.07, 6.45) is 4.08. The first-order valence-electron chi connectivity index (χ1n) is 8.15. The summed E-state index contributed by atoms with van der Waals surface area (Å²) in [4.78, 5) is 36.7. The SMILES string of the molecule is O=C(O)c1cnn(-c2nc3c(ncn3CCN3CCOCC3)c(=O)[nH]2)c1. The summed E-state index contributed by atoms with van der Waals surface area (Å²) in [7, 11) is 0. The number of carboxylic acids is 1. The van der Waals surface area contributed by atoms with E-state index >= 15 is 0 Å². The van der Waals surface area contributed by atoms with Gasteiger partial charge in [0.05, 0.1) is 31.3 Å². The minimum absolute atomic E-state index is 0.00794. The van der Waals surface area contributed by atoms with Crippen LogP contribution in [0, 0.1) is 0 Å². The number of nitrogens with zero attached hydrogens (tertiary/aromatic N) is 6. The molecule has 0 amide bonds. The van der Waals surface area contributed by atoms with Crippen molar-refractivity contribution in [1.29, 1.82) is 0 Å². The molecule has 1 fully saturated rings. The van der Waals surface area contributed by atoms with Crippen molar-refractivity contribution in [3.05, 3.63) is 34.6 Å². The van der Waals surface area contributed by atoms with E-state index in [4.69, 9.17) is 9.84 Å². The molecule has 0 unspecified atom stereocenters. The molecule has 1 saturated heterocycles. The number of carboxylic acid groups (broad SMARTS) is 1. The maximum Gasteiger partial charge on any atom is 0.338 e. The van der Waals surface area contributed by atoms with Gasteiger partial charge in [-0.3, -0.25) is 14.7 Å². The number of hydrogen-bond donors (Lipinski definition) is 2. The van der Waals surface area contributed by atoms with E-state index in [0.717, 1.165) is 32.8 Å². The molecule has 0 atom stereocenters. The fraction of sp³-hybridized carbons (Fsp3) is 0.400. The molecule has 4 heterocycles. The molecule has 0 spiro atoms. The normalized spacial score (nSPS) is 15.5. The summed E-state index contributed by atoms with van der Waals surface area (Å²) in [5.74, 6) is -0.960. The molecule has 1 aliphatic heterocycles. The maximum atomic E-state index is 12.3. The summed E-state index contributed by atoms with van der Waals surface area (Å²) in [5.41, 5.74) is 0.279. The van der Waals surface area contributed by atoms with Crippen LogP contribution in [0.25, 0.3) is 17.1 Å². The van der Waals surface area contributed by atoms with Crippen molar-refractivity contribution in [2.75, 3.05) is 32.8 Å². The van der Waals surface area contributed by atoms with Gasteiger partial charge in [0, 0.05) is 32.4 Å². The number of ether oxygens (including phenoxy) is 1. The van der Waals surface area contributed by atoms with E-state index in [9.17, 15) is 9.59 Å². The highest BCUT2D eigenvalue weighted by atomic mass is 16.5. The van der Waals surface area contributed by atoms with E-state index < -0.39 is 11.5 Å². The van der Waals surface area contributed by atoms with Gasteiger partial charge in [-0.1, -0.05) is 0 Å². The summed E-state index contributed by atoms with van der Waals surface area (Å²) in [6.45, 7) is 4.61. The fourth-order valence-corrected chi connectivity index (χ4v) is 2.84. The first-order chi connectivity index (χ1) is 12.6. The predicted molar refractivity (Wildman–Crippen MR) is 89.5 cm³/mol. The van der Waals surface area contributed by atoms with Crippen molar-refractivity contribution in [3.63, 3.8) is 0 Å². The number of aromatic carboxylic acids is 1. The number of rotatable bonds is 5. The van der Waals surface area contributed by atoms with E-state index in [1.807, 2.05) is 4.57 Å². The van der Waals surface area contributed by atoms with Gasteiger partial charge in [0.1, 0.15) is 0 Å². The number of nitrogens with one attached hydrogen (secondary N) is 1. The standard InChI is InChI=1S/C15H17N7O4/c23-13-11-12(18-15(19-13)22-8-10(7-17-22)14(24)25)21(9-16-11)2-1-20-3-5-26-6-4-20/h7-9H,1-6H2,(H,24,25)(H,18,19,23). The monoisotopic (exact) mass is 359 g/mol. The molecule has 0 saturated carbocycles. The third-order valence-electron chi connectivity index (χ3n) is 4.27. The number of imidazole rings is 1. The minimum Gasteiger partial charge on any atom is -0.478 e. The van der Waals surface area contributed by atoms with E-state index in [1.54, 1.807) is 6.33 Å². The Hall–Kier alpha value is -3.05. The highest BCUT2D eigenvalue weighted by Gasteiger charge is 2.15. The molecule has 0 radical (unpaired) electrons. The van der Waals surface area contributed by atoms with Crippen molar-refractivity contribution in [2.45, 2.75) is 6.54 Å². The third kappa shape index (κ3) is 3.09. The van der Waals surface area contributed by atoms with Crippen LogP contribution in [0.5, 0.6) is 0 Å². The predicted octanol–water partition coefficient (Wildman–Crippen LogP) is -0.664. The molecule has 3 aromatic rings. The van der Waals surface area contributed by atoms with Crippen LogP contribution in [0.3, 0.4) is 0 Å². The molecule has 2 N–H and O–H groups in total. The molecule has 0 aliphatic carbocycles. The van der Waals surface area contributed by atoms with Crippen molar-refractivity contribution < 1.29 is 14.6 Å². The van der Waals surface area contributed by atoms with E-state index in [2.05, 4.69) is 25.0 Å².